The molecule has 0 saturated heterocycles. The number of pyridine rings is 1. The van der Waals surface area contributed by atoms with Gasteiger partial charge in [-0.15, -0.1) is 0 Å². The van der Waals surface area contributed by atoms with E-state index in [1.807, 2.05) is 6.92 Å². The quantitative estimate of drug-likeness (QED) is 0.879. The molecular weight excluding hydrogens is 284 g/mol. The van der Waals surface area contributed by atoms with Gasteiger partial charge in [0.2, 0.25) is 0 Å². The average Bonchev–Trinajstić information content (AvgIpc) is 2.88. The summed E-state index contributed by atoms with van der Waals surface area (Å²) < 4.78 is 1.79. The van der Waals surface area contributed by atoms with Crippen LogP contribution in [0.1, 0.15) is 49.3 Å². The lowest BCUT2D eigenvalue weighted by Gasteiger charge is -2.12. The molecule has 0 fully saturated rings. The van der Waals surface area contributed by atoms with Crippen LogP contribution < -0.4 is 5.32 Å². The molecule has 2 unspecified atom stereocenters. The first-order chi connectivity index (χ1) is 10.3. The van der Waals surface area contributed by atoms with E-state index in [1.54, 1.807) is 23.9 Å². The van der Waals surface area contributed by atoms with Crippen LogP contribution in [-0.4, -0.2) is 37.8 Å². The number of amides is 1. The van der Waals surface area contributed by atoms with Gasteiger partial charge < -0.3 is 10.4 Å². The third kappa shape index (κ3) is 2.93. The number of carbonyl (C=O) groups excluding carboxylic acids is 1. The van der Waals surface area contributed by atoms with Gasteiger partial charge in [-0.1, -0.05) is 6.92 Å². The number of aromatic nitrogens is 3. The second-order valence-corrected chi connectivity index (χ2v) is 5.43. The minimum Gasteiger partial charge on any atom is -0.480 e. The van der Waals surface area contributed by atoms with Crippen molar-refractivity contribution >= 4 is 22.9 Å². The number of aliphatic carboxylic acids is 1. The molecule has 0 aromatic carbocycles. The molecule has 2 aromatic heterocycles. The second-order valence-electron chi connectivity index (χ2n) is 5.43. The number of nitrogens with zero attached hydrogens (tertiary/aromatic N) is 3. The van der Waals surface area contributed by atoms with Gasteiger partial charge >= 0.3 is 5.97 Å². The normalized spacial score (nSPS) is 13.8. The fourth-order valence-electron chi connectivity index (χ4n) is 2.16. The molecule has 0 spiro atoms. The highest BCUT2D eigenvalue weighted by Crippen LogP contribution is 2.22. The smallest absolute Gasteiger partial charge is 0.325 e. The highest BCUT2D eigenvalue weighted by molar-refractivity contribution is 6.06. The first-order valence-corrected chi connectivity index (χ1v) is 7.23. The predicted molar refractivity (Wildman–Crippen MR) is 81.8 cm³/mol. The zero-order valence-electron chi connectivity index (χ0n) is 13.1. The van der Waals surface area contributed by atoms with Gasteiger partial charge in [0.25, 0.3) is 5.91 Å². The van der Waals surface area contributed by atoms with Crippen molar-refractivity contribution in [3.8, 4) is 0 Å². The molecule has 0 aliphatic rings. The third-order valence-corrected chi connectivity index (χ3v) is 3.67. The van der Waals surface area contributed by atoms with E-state index in [0.29, 0.717) is 22.3 Å². The summed E-state index contributed by atoms with van der Waals surface area (Å²) in [6, 6.07) is 0.857. The lowest BCUT2D eigenvalue weighted by molar-refractivity contribution is -0.138. The van der Waals surface area contributed by atoms with Crippen molar-refractivity contribution in [3.05, 3.63) is 23.5 Å². The minimum absolute atomic E-state index is 0.167. The molecule has 2 N–H and O–H groups in total. The molecule has 118 valence electrons. The van der Waals surface area contributed by atoms with Crippen LogP contribution in [0.2, 0.25) is 0 Å². The first kappa shape index (κ1) is 15.9. The lowest BCUT2D eigenvalue weighted by atomic mass is 10.1. The first-order valence-electron chi connectivity index (χ1n) is 7.23. The van der Waals surface area contributed by atoms with Gasteiger partial charge in [0.05, 0.1) is 23.2 Å². The maximum absolute atomic E-state index is 12.3. The van der Waals surface area contributed by atoms with E-state index < -0.39 is 17.9 Å². The van der Waals surface area contributed by atoms with Crippen molar-refractivity contribution in [2.75, 3.05) is 0 Å². The zero-order valence-corrected chi connectivity index (χ0v) is 13.1. The number of fused-ring (bicyclic) bond motifs is 1. The Morgan fingerprint density at radius 2 is 2.09 bits per heavy atom. The number of rotatable bonds is 5. The molecule has 0 aliphatic carbocycles. The summed E-state index contributed by atoms with van der Waals surface area (Å²) in [5, 5.41) is 16.3. The van der Waals surface area contributed by atoms with Crippen LogP contribution in [0.5, 0.6) is 0 Å². The maximum atomic E-state index is 12.3. The highest BCUT2D eigenvalue weighted by Gasteiger charge is 2.20. The molecule has 0 saturated carbocycles. The molecule has 7 heteroatoms. The van der Waals surface area contributed by atoms with E-state index in [1.165, 1.54) is 6.92 Å². The highest BCUT2D eigenvalue weighted by atomic mass is 16.4. The van der Waals surface area contributed by atoms with E-state index >= 15 is 0 Å². The van der Waals surface area contributed by atoms with Crippen molar-refractivity contribution in [1.82, 2.24) is 20.1 Å². The minimum atomic E-state index is -1.08. The fourth-order valence-corrected chi connectivity index (χ4v) is 2.16. The Bertz CT molecular complexity index is 723. The number of carboxylic acid groups (broad SMARTS) is 1. The molecule has 7 nitrogen and oxygen atoms in total. The van der Waals surface area contributed by atoms with Gasteiger partial charge in [0, 0.05) is 5.69 Å². The Morgan fingerprint density at radius 3 is 2.68 bits per heavy atom. The van der Waals surface area contributed by atoms with Gasteiger partial charge in [-0.05, 0) is 33.3 Å². The Kier molecular flexibility index (Phi) is 4.44. The van der Waals surface area contributed by atoms with Crippen LogP contribution >= 0.6 is 0 Å². The summed E-state index contributed by atoms with van der Waals surface area (Å²) in [7, 11) is 0. The molecule has 2 rings (SSSR count). The lowest BCUT2D eigenvalue weighted by Crippen LogP contribution is -2.38. The zero-order chi connectivity index (χ0) is 16.4. The summed E-state index contributed by atoms with van der Waals surface area (Å²) in [6.07, 6.45) is 2.50. The molecule has 1 amide bonds. The molecule has 0 bridgehead atoms. The van der Waals surface area contributed by atoms with Crippen molar-refractivity contribution in [3.63, 3.8) is 0 Å². The number of hydrogen-bond donors (Lipinski definition) is 2. The van der Waals surface area contributed by atoms with E-state index in [4.69, 9.17) is 5.11 Å². The van der Waals surface area contributed by atoms with Crippen LogP contribution in [0.15, 0.2) is 12.3 Å². The van der Waals surface area contributed by atoms with Crippen LogP contribution in [0.4, 0.5) is 0 Å². The fraction of sp³-hybridized carbons (Fsp3) is 0.467. The maximum Gasteiger partial charge on any atom is 0.325 e. The molecule has 22 heavy (non-hydrogen) atoms. The summed E-state index contributed by atoms with van der Waals surface area (Å²) in [5.74, 6) is -1.51. The largest absolute Gasteiger partial charge is 0.480 e. The van der Waals surface area contributed by atoms with E-state index in [-0.39, 0.29) is 6.04 Å². The molecule has 2 aromatic rings. The van der Waals surface area contributed by atoms with Gasteiger partial charge in [0.1, 0.15) is 6.04 Å². The topological polar surface area (TPSA) is 97.1 Å². The Labute approximate surface area is 128 Å². The van der Waals surface area contributed by atoms with Crippen molar-refractivity contribution in [2.24, 2.45) is 0 Å². The SMILES string of the molecule is CCC(C)n1ncc2c(C(=O)NC(C)C(=O)O)cc(C)nc21. The monoisotopic (exact) mass is 304 g/mol. The molecular formula is C15H20N4O3. The standard InChI is InChI=1S/C15H20N4O3/c1-5-9(3)19-13-12(7-16-19)11(6-8(2)17-13)14(20)18-10(4)15(21)22/h6-7,9-10H,5H2,1-4H3,(H,18,20)(H,21,22). The van der Waals surface area contributed by atoms with Crippen molar-refractivity contribution < 1.29 is 14.7 Å². The molecule has 0 radical (unpaired) electrons. The van der Waals surface area contributed by atoms with Crippen LogP contribution in [0.25, 0.3) is 11.0 Å². The summed E-state index contributed by atoms with van der Waals surface area (Å²) in [5.41, 5.74) is 1.72. The van der Waals surface area contributed by atoms with Gasteiger partial charge in [-0.25, -0.2) is 9.67 Å². The van der Waals surface area contributed by atoms with Crippen LogP contribution in [-0.2, 0) is 4.79 Å². The number of hydrogen-bond acceptors (Lipinski definition) is 4. The summed E-state index contributed by atoms with van der Waals surface area (Å²) in [4.78, 5) is 27.7. The number of carbonyl (C=O) groups is 2. The second kappa shape index (κ2) is 6.13. The van der Waals surface area contributed by atoms with E-state index in [0.717, 1.165) is 6.42 Å². The summed E-state index contributed by atoms with van der Waals surface area (Å²) in [6.45, 7) is 7.30. The molecule has 2 heterocycles. The van der Waals surface area contributed by atoms with Crippen molar-refractivity contribution in [2.45, 2.75) is 46.2 Å². The van der Waals surface area contributed by atoms with E-state index in [9.17, 15) is 9.59 Å². The van der Waals surface area contributed by atoms with Crippen LogP contribution in [0, 0.1) is 6.92 Å². The van der Waals surface area contributed by atoms with Crippen LogP contribution in [0.3, 0.4) is 0 Å². The van der Waals surface area contributed by atoms with Crippen molar-refractivity contribution in [1.29, 1.82) is 0 Å². The van der Waals surface area contributed by atoms with Gasteiger partial charge in [-0.2, -0.15) is 5.10 Å². The van der Waals surface area contributed by atoms with Gasteiger partial charge in [-0.3, -0.25) is 9.59 Å². The van der Waals surface area contributed by atoms with E-state index in [2.05, 4.69) is 22.3 Å². The number of carboxylic acids is 1. The Balaban J connectivity index is 2.48. The number of aryl methyl sites for hydroxylation is 1. The predicted octanol–water partition coefficient (Wildman–Crippen LogP) is 1.91. The van der Waals surface area contributed by atoms with Gasteiger partial charge in [0.15, 0.2) is 5.65 Å². The molecule has 2 atom stereocenters. The Morgan fingerprint density at radius 1 is 1.41 bits per heavy atom. The average molecular weight is 304 g/mol. The number of nitrogens with one attached hydrogen (secondary N) is 1. The summed E-state index contributed by atoms with van der Waals surface area (Å²) >= 11 is 0. The Hall–Kier alpha value is -2.44. The molecule has 0 aliphatic heterocycles. The third-order valence-electron chi connectivity index (χ3n) is 3.67.